The van der Waals surface area contributed by atoms with E-state index < -0.39 is 10.0 Å². The van der Waals surface area contributed by atoms with Gasteiger partial charge in [0, 0.05) is 11.4 Å². The molecule has 3 aromatic rings. The third-order valence-corrected chi connectivity index (χ3v) is 7.44. The summed E-state index contributed by atoms with van der Waals surface area (Å²) in [5.41, 5.74) is 4.02. The van der Waals surface area contributed by atoms with Crippen molar-refractivity contribution in [2.75, 3.05) is 10.0 Å². The zero-order valence-electron chi connectivity index (χ0n) is 17.8. The van der Waals surface area contributed by atoms with Crippen molar-refractivity contribution in [1.29, 1.82) is 0 Å². The van der Waals surface area contributed by atoms with Gasteiger partial charge in [-0.25, -0.2) is 8.42 Å². The van der Waals surface area contributed by atoms with Crippen molar-refractivity contribution < 1.29 is 13.2 Å². The van der Waals surface area contributed by atoms with Crippen molar-refractivity contribution in [2.45, 2.75) is 36.7 Å². The lowest BCUT2D eigenvalue weighted by atomic mass is 10.1. The molecule has 3 rings (SSSR count). The Labute approximate surface area is 188 Å². The zero-order chi connectivity index (χ0) is 22.4. The maximum Gasteiger partial charge on any atom is 0.261 e. The quantitative estimate of drug-likeness (QED) is 0.480. The topological polar surface area (TPSA) is 75.3 Å². The number of carbonyl (C=O) groups excluding carboxylic acids is 1. The molecule has 5 nitrogen and oxygen atoms in total. The standard InChI is InChI=1S/C24H26N2O3S2/c1-17-8-7-9-18(2)23(17)26-31(28,29)22-14-12-21(13-15-22)25-24(27)19(3)30-16-20-10-5-4-6-11-20/h4-15,19,26H,16H2,1-3H3,(H,25,27)/t19-/m0/s1. The van der Waals surface area contributed by atoms with Gasteiger partial charge in [-0.3, -0.25) is 9.52 Å². The molecular weight excluding hydrogens is 428 g/mol. The van der Waals surface area contributed by atoms with E-state index in [9.17, 15) is 13.2 Å². The van der Waals surface area contributed by atoms with Gasteiger partial charge in [0.2, 0.25) is 5.91 Å². The van der Waals surface area contributed by atoms with Gasteiger partial charge in [0.1, 0.15) is 0 Å². The number of aryl methyl sites for hydroxylation is 2. The van der Waals surface area contributed by atoms with Gasteiger partial charge in [-0.05, 0) is 61.7 Å². The highest BCUT2D eigenvalue weighted by atomic mass is 32.2. The van der Waals surface area contributed by atoms with Crippen LogP contribution in [0.3, 0.4) is 0 Å². The van der Waals surface area contributed by atoms with Crippen LogP contribution in [0.4, 0.5) is 11.4 Å². The highest BCUT2D eigenvalue weighted by Gasteiger charge is 2.18. The molecule has 0 unspecified atom stereocenters. The zero-order valence-corrected chi connectivity index (χ0v) is 19.4. The van der Waals surface area contributed by atoms with Gasteiger partial charge in [0.05, 0.1) is 15.8 Å². The fraction of sp³-hybridized carbons (Fsp3) is 0.208. The summed E-state index contributed by atoms with van der Waals surface area (Å²) in [7, 11) is -3.73. The monoisotopic (exact) mass is 454 g/mol. The lowest BCUT2D eigenvalue weighted by molar-refractivity contribution is -0.115. The molecular formula is C24H26N2O3S2. The summed E-state index contributed by atoms with van der Waals surface area (Å²) in [6.07, 6.45) is 0. The molecule has 0 saturated carbocycles. The van der Waals surface area contributed by atoms with Crippen molar-refractivity contribution in [3.63, 3.8) is 0 Å². The third-order valence-electron chi connectivity index (χ3n) is 4.86. The van der Waals surface area contributed by atoms with Crippen molar-refractivity contribution in [3.05, 3.63) is 89.5 Å². The summed E-state index contributed by atoms with van der Waals surface area (Å²) >= 11 is 1.55. The second-order valence-electron chi connectivity index (χ2n) is 7.32. The summed E-state index contributed by atoms with van der Waals surface area (Å²) in [6.45, 7) is 5.58. The molecule has 0 aliphatic rings. The van der Waals surface area contributed by atoms with Gasteiger partial charge < -0.3 is 5.32 Å². The lowest BCUT2D eigenvalue weighted by Gasteiger charge is -2.14. The van der Waals surface area contributed by atoms with Crippen LogP contribution in [0.5, 0.6) is 0 Å². The molecule has 0 fully saturated rings. The molecule has 0 aliphatic carbocycles. The number of anilines is 2. The first-order valence-corrected chi connectivity index (χ1v) is 12.4. The summed E-state index contributed by atoms with van der Waals surface area (Å²) < 4.78 is 28.2. The van der Waals surface area contributed by atoms with E-state index in [0.717, 1.165) is 22.4 Å². The molecule has 0 heterocycles. The van der Waals surface area contributed by atoms with E-state index in [4.69, 9.17) is 0 Å². The lowest BCUT2D eigenvalue weighted by Crippen LogP contribution is -2.22. The third kappa shape index (κ3) is 6.12. The Morgan fingerprint density at radius 2 is 1.52 bits per heavy atom. The molecule has 0 aromatic heterocycles. The Bertz CT molecular complexity index is 1120. The Balaban J connectivity index is 1.62. The van der Waals surface area contributed by atoms with Crippen molar-refractivity contribution in [2.24, 2.45) is 0 Å². The summed E-state index contributed by atoms with van der Waals surface area (Å²) in [4.78, 5) is 12.6. The number of thioether (sulfide) groups is 1. The molecule has 7 heteroatoms. The molecule has 3 aromatic carbocycles. The van der Waals surface area contributed by atoms with Crippen molar-refractivity contribution in [1.82, 2.24) is 0 Å². The second kappa shape index (κ2) is 10.0. The van der Waals surface area contributed by atoms with Crippen LogP contribution in [0.1, 0.15) is 23.6 Å². The van der Waals surface area contributed by atoms with E-state index in [2.05, 4.69) is 10.0 Å². The van der Waals surface area contributed by atoms with E-state index in [1.807, 2.05) is 69.3 Å². The maximum absolute atomic E-state index is 12.8. The minimum absolute atomic E-state index is 0.120. The first-order valence-electron chi connectivity index (χ1n) is 9.92. The first kappa shape index (κ1) is 22.9. The minimum atomic E-state index is -3.73. The molecule has 0 aliphatic heterocycles. The number of sulfonamides is 1. The number of rotatable bonds is 8. The normalized spacial score (nSPS) is 12.2. The molecule has 1 amide bonds. The molecule has 0 saturated heterocycles. The van der Waals surface area contributed by atoms with E-state index in [1.54, 1.807) is 23.9 Å². The average Bonchev–Trinajstić information content (AvgIpc) is 2.76. The van der Waals surface area contributed by atoms with Crippen LogP contribution in [-0.4, -0.2) is 19.6 Å². The fourth-order valence-electron chi connectivity index (χ4n) is 3.00. The van der Waals surface area contributed by atoms with E-state index in [-0.39, 0.29) is 16.1 Å². The smallest absolute Gasteiger partial charge is 0.261 e. The minimum Gasteiger partial charge on any atom is -0.325 e. The Hall–Kier alpha value is -2.77. The van der Waals surface area contributed by atoms with Crippen LogP contribution in [-0.2, 0) is 20.6 Å². The second-order valence-corrected chi connectivity index (χ2v) is 10.3. The summed E-state index contributed by atoms with van der Waals surface area (Å²) in [5.74, 6) is 0.626. The Morgan fingerprint density at radius 3 is 2.13 bits per heavy atom. The summed E-state index contributed by atoms with van der Waals surface area (Å²) in [6, 6.07) is 21.8. The SMILES string of the molecule is Cc1cccc(C)c1NS(=O)(=O)c1ccc(NC(=O)[C@H](C)SCc2ccccc2)cc1. The molecule has 1 atom stereocenters. The van der Waals surface area contributed by atoms with E-state index in [0.29, 0.717) is 11.4 Å². The Kier molecular flexibility index (Phi) is 7.41. The van der Waals surface area contributed by atoms with Gasteiger partial charge in [0.25, 0.3) is 10.0 Å². The number of benzene rings is 3. The van der Waals surface area contributed by atoms with Gasteiger partial charge in [-0.1, -0.05) is 48.5 Å². The highest BCUT2D eigenvalue weighted by Crippen LogP contribution is 2.24. The number of nitrogens with one attached hydrogen (secondary N) is 2. The van der Waals surface area contributed by atoms with E-state index in [1.165, 1.54) is 12.1 Å². The van der Waals surface area contributed by atoms with Crippen LogP contribution < -0.4 is 10.0 Å². The van der Waals surface area contributed by atoms with Crippen LogP contribution in [0, 0.1) is 13.8 Å². The molecule has 162 valence electrons. The summed E-state index contributed by atoms with van der Waals surface area (Å²) in [5, 5.41) is 2.61. The molecule has 0 spiro atoms. The Morgan fingerprint density at radius 1 is 0.903 bits per heavy atom. The van der Waals surface area contributed by atoms with E-state index >= 15 is 0 Å². The number of carbonyl (C=O) groups is 1. The van der Waals surface area contributed by atoms with Gasteiger partial charge in [-0.15, -0.1) is 11.8 Å². The van der Waals surface area contributed by atoms with Crippen LogP contribution in [0.15, 0.2) is 77.7 Å². The molecule has 31 heavy (non-hydrogen) atoms. The van der Waals surface area contributed by atoms with Crippen molar-refractivity contribution >= 4 is 39.1 Å². The van der Waals surface area contributed by atoms with Gasteiger partial charge >= 0.3 is 0 Å². The van der Waals surface area contributed by atoms with Crippen LogP contribution in [0.2, 0.25) is 0 Å². The predicted molar refractivity (Wildman–Crippen MR) is 129 cm³/mol. The predicted octanol–water partition coefficient (Wildman–Crippen LogP) is 5.36. The molecule has 2 N–H and O–H groups in total. The molecule has 0 bridgehead atoms. The maximum atomic E-state index is 12.8. The van der Waals surface area contributed by atoms with Crippen molar-refractivity contribution in [3.8, 4) is 0 Å². The first-order chi connectivity index (χ1) is 14.8. The molecule has 0 radical (unpaired) electrons. The van der Waals surface area contributed by atoms with Crippen LogP contribution >= 0.6 is 11.8 Å². The number of amides is 1. The van der Waals surface area contributed by atoms with Gasteiger partial charge in [-0.2, -0.15) is 0 Å². The number of hydrogen-bond donors (Lipinski definition) is 2. The largest absolute Gasteiger partial charge is 0.325 e. The fourth-order valence-corrected chi connectivity index (χ4v) is 5.05. The number of hydrogen-bond acceptors (Lipinski definition) is 4. The van der Waals surface area contributed by atoms with Crippen LogP contribution in [0.25, 0.3) is 0 Å². The number of para-hydroxylation sites is 1. The average molecular weight is 455 g/mol. The highest BCUT2D eigenvalue weighted by molar-refractivity contribution is 7.99. The van der Waals surface area contributed by atoms with Gasteiger partial charge in [0.15, 0.2) is 0 Å².